The van der Waals surface area contributed by atoms with E-state index < -0.39 is 10.0 Å². The first kappa shape index (κ1) is 23.4. The fourth-order valence-corrected chi connectivity index (χ4v) is 6.71. The van der Waals surface area contributed by atoms with Crippen LogP contribution < -0.4 is 9.21 Å². The van der Waals surface area contributed by atoms with E-state index in [1.165, 1.54) is 28.9 Å². The van der Waals surface area contributed by atoms with Gasteiger partial charge in [-0.25, -0.2) is 8.42 Å². The van der Waals surface area contributed by atoms with E-state index in [1.807, 2.05) is 36.4 Å². The lowest BCUT2D eigenvalue weighted by molar-refractivity contribution is 0.0785. The van der Waals surface area contributed by atoms with Gasteiger partial charge >= 0.3 is 0 Å². The highest BCUT2D eigenvalue weighted by Gasteiger charge is 2.29. The number of carbonyl (C=O) groups excluding carboxylic acids is 1. The fraction of sp³-hybridized carbons (Fsp3) is 0.321. The van der Waals surface area contributed by atoms with Gasteiger partial charge in [0.25, 0.3) is 15.9 Å². The van der Waals surface area contributed by atoms with Gasteiger partial charge in [0.2, 0.25) is 0 Å². The van der Waals surface area contributed by atoms with E-state index in [0.29, 0.717) is 18.7 Å². The van der Waals surface area contributed by atoms with Gasteiger partial charge in [-0.05, 0) is 67.1 Å². The SMILES string of the molecule is CN(Cc1ccccc1N1CCCC1)C(=O)c1cccc(S(=O)(=O)N2CCCc3ccccc32)c1. The summed E-state index contributed by atoms with van der Waals surface area (Å²) in [6, 6.07) is 22.3. The number of rotatable bonds is 6. The van der Waals surface area contributed by atoms with Crippen LogP contribution in [0.1, 0.15) is 40.7 Å². The quantitative estimate of drug-likeness (QED) is 0.504. The predicted octanol–water partition coefficient (Wildman–Crippen LogP) is 4.70. The van der Waals surface area contributed by atoms with Gasteiger partial charge in [0, 0.05) is 44.5 Å². The first-order valence-corrected chi connectivity index (χ1v) is 13.7. The zero-order chi connectivity index (χ0) is 24.4. The smallest absolute Gasteiger partial charge is 0.264 e. The minimum absolute atomic E-state index is 0.144. The topological polar surface area (TPSA) is 60.9 Å². The van der Waals surface area contributed by atoms with Crippen molar-refractivity contribution in [1.82, 2.24) is 4.90 Å². The third kappa shape index (κ3) is 4.65. The van der Waals surface area contributed by atoms with Crippen LogP contribution in [0.5, 0.6) is 0 Å². The van der Waals surface area contributed by atoms with Crippen molar-refractivity contribution in [3.63, 3.8) is 0 Å². The summed E-state index contributed by atoms with van der Waals surface area (Å²) in [6.45, 7) is 2.97. The summed E-state index contributed by atoms with van der Waals surface area (Å²) in [4.78, 5) is 17.5. The van der Waals surface area contributed by atoms with E-state index in [9.17, 15) is 13.2 Å². The second-order valence-electron chi connectivity index (χ2n) is 9.32. The van der Waals surface area contributed by atoms with E-state index in [-0.39, 0.29) is 10.8 Å². The molecule has 35 heavy (non-hydrogen) atoms. The molecule has 0 N–H and O–H groups in total. The minimum Gasteiger partial charge on any atom is -0.371 e. The van der Waals surface area contributed by atoms with Crippen LogP contribution >= 0.6 is 0 Å². The number of fused-ring (bicyclic) bond motifs is 1. The van der Waals surface area contributed by atoms with Crippen LogP contribution in [0.4, 0.5) is 11.4 Å². The van der Waals surface area contributed by atoms with Crippen molar-refractivity contribution in [3.05, 3.63) is 89.5 Å². The molecule has 0 aromatic heterocycles. The highest BCUT2D eigenvalue weighted by Crippen LogP contribution is 2.32. The molecule has 6 nitrogen and oxygen atoms in total. The molecule has 2 heterocycles. The standard InChI is InChI=1S/C28H31N3O3S/c1-29(21-24-11-3-4-15-26(24)30-17-6-7-18-30)28(32)23-12-8-14-25(20-23)35(33,34)31-19-9-13-22-10-2-5-16-27(22)31/h2-5,8,10-12,14-16,20H,6-7,9,13,17-19,21H2,1H3. The van der Waals surface area contributed by atoms with Crippen LogP contribution in [0.25, 0.3) is 0 Å². The van der Waals surface area contributed by atoms with Gasteiger partial charge < -0.3 is 9.80 Å². The third-order valence-electron chi connectivity index (χ3n) is 6.93. The zero-order valence-corrected chi connectivity index (χ0v) is 20.9. The largest absolute Gasteiger partial charge is 0.371 e. The maximum atomic E-state index is 13.6. The monoisotopic (exact) mass is 489 g/mol. The van der Waals surface area contributed by atoms with Crippen molar-refractivity contribution < 1.29 is 13.2 Å². The van der Waals surface area contributed by atoms with Gasteiger partial charge in [0.1, 0.15) is 0 Å². The van der Waals surface area contributed by atoms with E-state index in [4.69, 9.17) is 0 Å². The summed E-state index contributed by atoms with van der Waals surface area (Å²) in [5, 5.41) is 0. The number of anilines is 2. The van der Waals surface area contributed by atoms with Crippen molar-refractivity contribution in [2.45, 2.75) is 37.1 Å². The Morgan fingerprint density at radius 3 is 2.37 bits per heavy atom. The van der Waals surface area contributed by atoms with Crippen LogP contribution in [0.2, 0.25) is 0 Å². The van der Waals surface area contributed by atoms with Crippen LogP contribution in [0.15, 0.2) is 77.7 Å². The van der Waals surface area contributed by atoms with Crippen LogP contribution in [0, 0.1) is 0 Å². The number of amides is 1. The number of hydrogen-bond donors (Lipinski definition) is 0. The second kappa shape index (κ2) is 9.74. The van der Waals surface area contributed by atoms with Crippen LogP contribution in [-0.2, 0) is 23.0 Å². The van der Waals surface area contributed by atoms with Gasteiger partial charge in [-0.15, -0.1) is 0 Å². The molecule has 0 aliphatic carbocycles. The number of aryl methyl sites for hydroxylation is 1. The molecular formula is C28H31N3O3S. The lowest BCUT2D eigenvalue weighted by Crippen LogP contribution is -2.35. The van der Waals surface area contributed by atoms with Crippen molar-refractivity contribution in [3.8, 4) is 0 Å². The van der Waals surface area contributed by atoms with Gasteiger partial charge in [0.15, 0.2) is 0 Å². The van der Waals surface area contributed by atoms with Crippen LogP contribution in [0.3, 0.4) is 0 Å². The van der Waals surface area contributed by atoms with Crippen molar-refractivity contribution in [2.24, 2.45) is 0 Å². The molecule has 0 atom stereocenters. The molecule has 3 aromatic carbocycles. The molecule has 0 radical (unpaired) electrons. The van der Waals surface area contributed by atoms with Crippen molar-refractivity contribution in [1.29, 1.82) is 0 Å². The average Bonchev–Trinajstić information content (AvgIpc) is 3.43. The number of para-hydroxylation sites is 2. The van der Waals surface area contributed by atoms with E-state index in [0.717, 1.165) is 42.7 Å². The van der Waals surface area contributed by atoms with Gasteiger partial charge in [0.05, 0.1) is 10.6 Å². The van der Waals surface area contributed by atoms with Crippen molar-refractivity contribution in [2.75, 3.05) is 35.9 Å². The molecular weight excluding hydrogens is 458 g/mol. The summed E-state index contributed by atoms with van der Waals surface area (Å²) in [7, 11) is -2.01. The lowest BCUT2D eigenvalue weighted by Gasteiger charge is -2.30. The Hall–Kier alpha value is -3.32. The number of sulfonamides is 1. The lowest BCUT2D eigenvalue weighted by atomic mass is 10.0. The molecule has 0 spiro atoms. The second-order valence-corrected chi connectivity index (χ2v) is 11.2. The molecule has 0 unspecified atom stereocenters. The number of carbonyl (C=O) groups is 1. The number of hydrogen-bond acceptors (Lipinski definition) is 4. The van der Waals surface area contributed by atoms with E-state index >= 15 is 0 Å². The van der Waals surface area contributed by atoms with E-state index in [2.05, 4.69) is 17.0 Å². The molecule has 7 heteroatoms. The Morgan fingerprint density at radius 1 is 0.857 bits per heavy atom. The Labute approximate surface area is 207 Å². The molecule has 1 saturated heterocycles. The molecule has 1 fully saturated rings. The number of nitrogens with zero attached hydrogens (tertiary/aromatic N) is 3. The maximum Gasteiger partial charge on any atom is 0.264 e. The Bertz CT molecular complexity index is 1330. The van der Waals surface area contributed by atoms with Gasteiger partial charge in [-0.2, -0.15) is 0 Å². The molecule has 2 aliphatic heterocycles. The zero-order valence-electron chi connectivity index (χ0n) is 20.1. The normalized spacial score (nSPS) is 15.7. The fourth-order valence-electron chi connectivity index (χ4n) is 5.12. The Balaban J connectivity index is 1.38. The maximum absolute atomic E-state index is 13.6. The van der Waals surface area contributed by atoms with E-state index in [1.54, 1.807) is 30.1 Å². The van der Waals surface area contributed by atoms with Crippen molar-refractivity contribution >= 4 is 27.3 Å². The molecule has 5 rings (SSSR count). The predicted molar refractivity (Wildman–Crippen MR) is 139 cm³/mol. The molecule has 182 valence electrons. The first-order valence-electron chi connectivity index (χ1n) is 12.2. The average molecular weight is 490 g/mol. The first-order chi connectivity index (χ1) is 16.9. The molecule has 2 aliphatic rings. The summed E-state index contributed by atoms with van der Waals surface area (Å²) >= 11 is 0. The molecule has 3 aromatic rings. The highest BCUT2D eigenvalue weighted by atomic mass is 32.2. The molecule has 0 bridgehead atoms. The summed E-state index contributed by atoms with van der Waals surface area (Å²) < 4.78 is 28.6. The van der Waals surface area contributed by atoms with Gasteiger partial charge in [-0.1, -0.05) is 42.5 Å². The Kier molecular flexibility index (Phi) is 6.52. The number of benzene rings is 3. The summed E-state index contributed by atoms with van der Waals surface area (Å²) in [6.07, 6.45) is 4.01. The van der Waals surface area contributed by atoms with Gasteiger partial charge in [-0.3, -0.25) is 9.10 Å². The molecule has 0 saturated carbocycles. The Morgan fingerprint density at radius 2 is 1.57 bits per heavy atom. The summed E-state index contributed by atoms with van der Waals surface area (Å²) in [5.41, 5.74) is 4.40. The minimum atomic E-state index is -3.78. The highest BCUT2D eigenvalue weighted by molar-refractivity contribution is 7.92. The third-order valence-corrected chi connectivity index (χ3v) is 8.74. The summed E-state index contributed by atoms with van der Waals surface area (Å²) in [5.74, 6) is -0.197. The van der Waals surface area contributed by atoms with Crippen LogP contribution in [-0.4, -0.2) is 45.9 Å². The molecule has 1 amide bonds.